The Kier molecular flexibility index (Phi) is 5.28. The molecule has 0 radical (unpaired) electrons. The normalized spacial score (nSPS) is 11.2. The van der Waals surface area contributed by atoms with Crippen molar-refractivity contribution in [2.75, 3.05) is 11.5 Å². The Hall–Kier alpha value is -3.78. The molecule has 0 saturated heterocycles. The van der Waals surface area contributed by atoms with Gasteiger partial charge in [-0.3, -0.25) is 14.7 Å². The zero-order valence-corrected chi connectivity index (χ0v) is 17.9. The predicted octanol–water partition coefficient (Wildman–Crippen LogP) is 5.82. The van der Waals surface area contributed by atoms with E-state index < -0.39 is 11.7 Å². The molecule has 5 aromatic rings. The number of para-hydroxylation sites is 2. The molecule has 0 spiro atoms. The molecular formula is C24H18FN3O3S. The summed E-state index contributed by atoms with van der Waals surface area (Å²) >= 11 is 1.24. The fourth-order valence-corrected chi connectivity index (χ4v) is 4.42. The van der Waals surface area contributed by atoms with E-state index in [0.717, 1.165) is 5.39 Å². The van der Waals surface area contributed by atoms with Crippen LogP contribution in [0, 0.1) is 5.82 Å². The van der Waals surface area contributed by atoms with E-state index in [1.165, 1.54) is 22.3 Å². The van der Waals surface area contributed by atoms with Crippen LogP contribution in [0.25, 0.3) is 21.2 Å². The van der Waals surface area contributed by atoms with E-state index in [1.54, 1.807) is 36.5 Å². The third-order valence-corrected chi connectivity index (χ3v) is 5.94. The highest BCUT2D eigenvalue weighted by Gasteiger charge is 2.26. The number of anilines is 1. The lowest BCUT2D eigenvalue weighted by molar-refractivity contribution is 0.0960. The molecule has 0 aliphatic rings. The SMILES string of the molecule is CCOc1cccc2cc(C(=O)N(Cc3ccccn3)c3nc4c(F)cccc4s3)oc12. The minimum absolute atomic E-state index is 0.141. The topological polar surface area (TPSA) is 68.5 Å². The van der Waals surface area contributed by atoms with E-state index in [2.05, 4.69) is 9.97 Å². The number of hydrogen-bond acceptors (Lipinski definition) is 6. The summed E-state index contributed by atoms with van der Waals surface area (Å²) < 4.78 is 26.5. The summed E-state index contributed by atoms with van der Waals surface area (Å²) in [6.07, 6.45) is 1.66. The predicted molar refractivity (Wildman–Crippen MR) is 122 cm³/mol. The highest BCUT2D eigenvalue weighted by atomic mass is 32.1. The maximum Gasteiger partial charge on any atom is 0.296 e. The van der Waals surface area contributed by atoms with Gasteiger partial charge in [-0.05, 0) is 43.3 Å². The van der Waals surface area contributed by atoms with Crippen LogP contribution in [0.4, 0.5) is 9.52 Å². The third kappa shape index (κ3) is 3.69. The number of furan rings is 1. The van der Waals surface area contributed by atoms with Gasteiger partial charge in [0, 0.05) is 11.6 Å². The summed E-state index contributed by atoms with van der Waals surface area (Å²) in [6.45, 7) is 2.53. The van der Waals surface area contributed by atoms with Crippen LogP contribution in [0.3, 0.4) is 0 Å². The molecule has 3 aromatic heterocycles. The highest BCUT2D eigenvalue weighted by molar-refractivity contribution is 7.22. The van der Waals surface area contributed by atoms with Gasteiger partial charge in [-0.1, -0.05) is 35.6 Å². The number of fused-ring (bicyclic) bond motifs is 2. The molecule has 0 fully saturated rings. The standard InChI is InChI=1S/C24H18FN3O3S/c1-2-30-18-10-5-7-15-13-19(31-22(15)18)23(29)28(14-16-8-3-4-12-26-16)24-27-21-17(25)9-6-11-20(21)32-24/h3-13H,2,14H2,1H3. The Morgan fingerprint density at radius 2 is 2.03 bits per heavy atom. The number of hydrogen-bond donors (Lipinski definition) is 0. The van der Waals surface area contributed by atoms with E-state index in [-0.39, 0.29) is 17.8 Å². The van der Waals surface area contributed by atoms with Crippen LogP contribution in [0.5, 0.6) is 5.75 Å². The smallest absolute Gasteiger partial charge is 0.296 e. The van der Waals surface area contributed by atoms with Gasteiger partial charge in [0.15, 0.2) is 22.2 Å². The van der Waals surface area contributed by atoms with Gasteiger partial charge in [-0.2, -0.15) is 0 Å². The zero-order chi connectivity index (χ0) is 22.1. The molecule has 3 heterocycles. The number of halogens is 1. The molecule has 5 rings (SSSR count). The average Bonchev–Trinajstić information content (AvgIpc) is 3.44. The van der Waals surface area contributed by atoms with Crippen LogP contribution in [0.2, 0.25) is 0 Å². The number of pyridine rings is 1. The molecule has 0 bridgehead atoms. The number of rotatable bonds is 6. The van der Waals surface area contributed by atoms with Crippen molar-refractivity contribution in [2.45, 2.75) is 13.5 Å². The second-order valence-corrected chi connectivity index (χ2v) is 8.02. The van der Waals surface area contributed by atoms with Crippen LogP contribution >= 0.6 is 11.3 Å². The van der Waals surface area contributed by atoms with E-state index in [1.807, 2.05) is 31.2 Å². The van der Waals surface area contributed by atoms with Gasteiger partial charge in [0.2, 0.25) is 0 Å². The van der Waals surface area contributed by atoms with Crippen molar-refractivity contribution in [1.82, 2.24) is 9.97 Å². The van der Waals surface area contributed by atoms with Gasteiger partial charge in [0.25, 0.3) is 5.91 Å². The number of ether oxygens (including phenoxy) is 1. The summed E-state index contributed by atoms with van der Waals surface area (Å²) in [5.74, 6) is -0.112. The minimum atomic E-state index is -0.430. The summed E-state index contributed by atoms with van der Waals surface area (Å²) in [4.78, 5) is 23.8. The van der Waals surface area contributed by atoms with Gasteiger partial charge < -0.3 is 9.15 Å². The summed E-state index contributed by atoms with van der Waals surface area (Å²) in [6, 6.07) is 17.4. The molecule has 8 heteroatoms. The Labute approximate surface area is 186 Å². The zero-order valence-electron chi connectivity index (χ0n) is 17.1. The van der Waals surface area contributed by atoms with Crippen LogP contribution in [0.15, 0.2) is 71.3 Å². The molecule has 0 saturated carbocycles. The van der Waals surface area contributed by atoms with Crippen molar-refractivity contribution in [3.8, 4) is 5.75 Å². The number of carbonyl (C=O) groups is 1. The monoisotopic (exact) mass is 447 g/mol. The van der Waals surface area contributed by atoms with Crippen molar-refractivity contribution in [2.24, 2.45) is 0 Å². The van der Waals surface area contributed by atoms with Gasteiger partial charge in [-0.25, -0.2) is 9.37 Å². The summed E-state index contributed by atoms with van der Waals surface area (Å²) in [5.41, 5.74) is 1.41. The molecule has 0 atom stereocenters. The quantitative estimate of drug-likeness (QED) is 0.328. The van der Waals surface area contributed by atoms with Gasteiger partial charge in [0.1, 0.15) is 11.3 Å². The maximum absolute atomic E-state index is 14.3. The number of carbonyl (C=O) groups excluding carboxylic acids is 1. The average molecular weight is 447 g/mol. The second kappa shape index (κ2) is 8.39. The van der Waals surface area contributed by atoms with Crippen LogP contribution in [-0.4, -0.2) is 22.5 Å². The lowest BCUT2D eigenvalue weighted by Gasteiger charge is -2.18. The van der Waals surface area contributed by atoms with Crippen molar-refractivity contribution < 1.29 is 18.3 Å². The lowest BCUT2D eigenvalue weighted by atomic mass is 10.2. The number of nitrogens with zero attached hydrogens (tertiary/aromatic N) is 3. The molecule has 32 heavy (non-hydrogen) atoms. The fourth-order valence-electron chi connectivity index (χ4n) is 3.44. The molecule has 0 unspecified atom stereocenters. The van der Waals surface area contributed by atoms with Crippen molar-refractivity contribution in [3.63, 3.8) is 0 Å². The lowest BCUT2D eigenvalue weighted by Crippen LogP contribution is -2.30. The number of aromatic nitrogens is 2. The van der Waals surface area contributed by atoms with Crippen LogP contribution in [-0.2, 0) is 6.54 Å². The van der Waals surface area contributed by atoms with Gasteiger partial charge in [0.05, 0.1) is 23.5 Å². The molecule has 6 nitrogen and oxygen atoms in total. The van der Waals surface area contributed by atoms with E-state index in [9.17, 15) is 9.18 Å². The van der Waals surface area contributed by atoms with E-state index in [0.29, 0.717) is 33.5 Å². The first-order valence-electron chi connectivity index (χ1n) is 10.1. The summed E-state index contributed by atoms with van der Waals surface area (Å²) in [7, 11) is 0. The van der Waals surface area contributed by atoms with Gasteiger partial charge >= 0.3 is 0 Å². The number of amides is 1. The molecule has 1 amide bonds. The largest absolute Gasteiger partial charge is 0.490 e. The van der Waals surface area contributed by atoms with E-state index in [4.69, 9.17) is 9.15 Å². The summed E-state index contributed by atoms with van der Waals surface area (Å²) in [5, 5.41) is 1.12. The number of benzene rings is 2. The molecule has 160 valence electrons. The first-order chi connectivity index (χ1) is 15.6. The van der Waals surface area contributed by atoms with Crippen molar-refractivity contribution in [3.05, 3.63) is 84.1 Å². The van der Waals surface area contributed by atoms with E-state index >= 15 is 0 Å². The number of thiazole rings is 1. The van der Waals surface area contributed by atoms with Gasteiger partial charge in [-0.15, -0.1) is 0 Å². The third-order valence-electron chi connectivity index (χ3n) is 4.90. The van der Waals surface area contributed by atoms with Crippen molar-refractivity contribution >= 4 is 43.6 Å². The Morgan fingerprint density at radius 3 is 2.81 bits per heavy atom. The van der Waals surface area contributed by atoms with Crippen LogP contribution < -0.4 is 9.64 Å². The first kappa shape index (κ1) is 20.1. The highest BCUT2D eigenvalue weighted by Crippen LogP contribution is 2.34. The minimum Gasteiger partial charge on any atom is -0.490 e. The maximum atomic E-state index is 14.3. The fraction of sp³-hybridized carbons (Fsp3) is 0.125. The molecule has 0 aliphatic carbocycles. The molecular weight excluding hydrogens is 429 g/mol. The Balaban J connectivity index is 1.59. The van der Waals surface area contributed by atoms with Crippen LogP contribution in [0.1, 0.15) is 23.2 Å². The molecule has 2 aromatic carbocycles. The molecule has 0 N–H and O–H groups in total. The van der Waals surface area contributed by atoms with Crippen molar-refractivity contribution in [1.29, 1.82) is 0 Å². The first-order valence-corrected chi connectivity index (χ1v) is 10.9. The Bertz CT molecular complexity index is 1410. The Morgan fingerprint density at radius 1 is 1.16 bits per heavy atom. The molecule has 0 aliphatic heterocycles. The second-order valence-electron chi connectivity index (χ2n) is 7.01.